The fourth-order valence-corrected chi connectivity index (χ4v) is 1.55. The lowest BCUT2D eigenvalue weighted by Gasteiger charge is -2.04. The Morgan fingerprint density at radius 2 is 1.84 bits per heavy atom. The summed E-state index contributed by atoms with van der Waals surface area (Å²) in [6, 6.07) is 10.2. The smallest absolute Gasteiger partial charge is 0.265 e. The summed E-state index contributed by atoms with van der Waals surface area (Å²) in [6.45, 7) is -0.249. The molecule has 0 amide bonds. The number of carbonyl (C=O) groups is 1. The Kier molecular flexibility index (Phi) is 3.39. The molecule has 0 saturated heterocycles. The van der Waals surface area contributed by atoms with E-state index < -0.39 is 11.1 Å². The number of rotatable bonds is 3. The summed E-state index contributed by atoms with van der Waals surface area (Å²) in [5.74, 6) is -0.326. The topological polar surface area (TPSA) is 95.7 Å². The zero-order chi connectivity index (χ0) is 13.8. The number of aromatic amines is 1. The number of ketones is 1. The number of aromatic nitrogens is 2. The van der Waals surface area contributed by atoms with Crippen molar-refractivity contribution in [1.82, 2.24) is 9.78 Å². The Bertz CT molecular complexity index is 763. The second-order valence-corrected chi connectivity index (χ2v) is 3.85. The summed E-state index contributed by atoms with van der Waals surface area (Å²) < 4.78 is 0.947. The highest BCUT2D eigenvalue weighted by Gasteiger charge is 2.08. The first-order chi connectivity index (χ1) is 9.10. The van der Waals surface area contributed by atoms with Crippen molar-refractivity contribution in [3.63, 3.8) is 0 Å². The maximum Gasteiger partial charge on any atom is 0.265 e. The quantitative estimate of drug-likeness (QED) is 0.797. The lowest BCUT2D eigenvalue weighted by atomic mass is 10.1. The van der Waals surface area contributed by atoms with E-state index >= 15 is 0 Å². The molecule has 6 heteroatoms. The predicted molar refractivity (Wildman–Crippen MR) is 66.8 cm³/mol. The van der Waals surface area contributed by atoms with Crippen LogP contribution in [0.5, 0.6) is 0 Å². The van der Waals surface area contributed by atoms with Crippen molar-refractivity contribution in [2.45, 2.75) is 6.54 Å². The monoisotopic (exact) mass is 255 g/mol. The van der Waals surface area contributed by atoms with Gasteiger partial charge in [0.15, 0.2) is 5.78 Å². The Morgan fingerprint density at radius 1 is 1.16 bits per heavy atom. The van der Waals surface area contributed by atoms with E-state index in [1.54, 1.807) is 0 Å². The summed E-state index contributed by atoms with van der Waals surface area (Å²) in [5.41, 5.74) is -0.0914. The molecule has 0 spiro atoms. The normalized spacial score (nSPS) is 9.84. The van der Waals surface area contributed by atoms with E-state index in [0.29, 0.717) is 11.1 Å². The Balaban J connectivity index is 2.25. The largest absolute Gasteiger partial charge is 0.292 e. The van der Waals surface area contributed by atoms with Crippen molar-refractivity contribution in [2.24, 2.45) is 0 Å². The van der Waals surface area contributed by atoms with Crippen molar-refractivity contribution in [3.05, 3.63) is 68.2 Å². The van der Waals surface area contributed by atoms with E-state index in [9.17, 15) is 14.4 Å². The van der Waals surface area contributed by atoms with Crippen LogP contribution in [-0.2, 0) is 6.54 Å². The van der Waals surface area contributed by atoms with Gasteiger partial charge in [-0.05, 0) is 12.1 Å². The Hall–Kier alpha value is -2.94. The molecule has 6 nitrogen and oxygen atoms in total. The number of benzene rings is 1. The molecule has 0 atom stereocenters. The van der Waals surface area contributed by atoms with Gasteiger partial charge in [0.05, 0.1) is 11.6 Å². The van der Waals surface area contributed by atoms with Crippen LogP contribution < -0.4 is 11.1 Å². The van der Waals surface area contributed by atoms with Gasteiger partial charge in [0.25, 0.3) is 11.1 Å². The molecule has 2 rings (SSSR count). The van der Waals surface area contributed by atoms with Gasteiger partial charge < -0.3 is 0 Å². The highest BCUT2D eigenvalue weighted by atomic mass is 16.2. The average molecular weight is 255 g/mol. The van der Waals surface area contributed by atoms with Gasteiger partial charge in [0.2, 0.25) is 0 Å². The highest BCUT2D eigenvalue weighted by Crippen LogP contribution is 2.04. The van der Waals surface area contributed by atoms with E-state index in [0.717, 1.165) is 16.8 Å². The van der Waals surface area contributed by atoms with Gasteiger partial charge in [0, 0.05) is 17.7 Å². The molecule has 0 fully saturated rings. The third-order valence-electron chi connectivity index (χ3n) is 2.53. The maximum atomic E-state index is 11.9. The molecule has 0 saturated carbocycles. The van der Waals surface area contributed by atoms with Crippen molar-refractivity contribution in [1.29, 1.82) is 5.26 Å². The molecule has 1 heterocycles. The standard InChI is InChI=1S/C13H9N3O3/c14-7-9-1-3-10(4-2-9)11(17)8-16-13(19)6-5-12(18)15-16/h1-6H,8H2,(H,15,18). The van der Waals surface area contributed by atoms with E-state index in [2.05, 4.69) is 5.10 Å². The molecule has 0 aliphatic carbocycles. The second kappa shape index (κ2) is 5.14. The van der Waals surface area contributed by atoms with Crippen LogP contribution in [-0.4, -0.2) is 15.6 Å². The van der Waals surface area contributed by atoms with Gasteiger partial charge in [-0.3, -0.25) is 19.5 Å². The third kappa shape index (κ3) is 2.84. The average Bonchev–Trinajstić information content (AvgIpc) is 2.43. The molecule has 1 N–H and O–H groups in total. The van der Waals surface area contributed by atoms with Crippen molar-refractivity contribution in [2.75, 3.05) is 0 Å². The first kappa shape index (κ1) is 12.5. The van der Waals surface area contributed by atoms with Crippen molar-refractivity contribution < 1.29 is 4.79 Å². The SMILES string of the molecule is N#Cc1ccc(C(=O)Cn2[nH]c(=O)ccc2=O)cc1. The number of hydrogen-bond donors (Lipinski definition) is 1. The minimum Gasteiger partial charge on any atom is -0.292 e. The Morgan fingerprint density at radius 3 is 2.47 bits per heavy atom. The second-order valence-electron chi connectivity index (χ2n) is 3.85. The van der Waals surface area contributed by atoms with Gasteiger partial charge in [-0.1, -0.05) is 12.1 Å². The number of nitriles is 1. The number of nitrogens with zero attached hydrogens (tertiary/aromatic N) is 2. The zero-order valence-corrected chi connectivity index (χ0v) is 9.79. The van der Waals surface area contributed by atoms with Gasteiger partial charge >= 0.3 is 0 Å². The lowest BCUT2D eigenvalue weighted by molar-refractivity contribution is 0.0965. The fourth-order valence-electron chi connectivity index (χ4n) is 1.55. The molecule has 1 aromatic heterocycles. The Labute approximate surface area is 107 Å². The van der Waals surface area contributed by atoms with Crippen LogP contribution in [0.4, 0.5) is 0 Å². The lowest BCUT2D eigenvalue weighted by Crippen LogP contribution is -2.30. The van der Waals surface area contributed by atoms with Gasteiger partial charge in [0.1, 0.15) is 6.54 Å². The molecule has 2 aromatic rings. The molecular formula is C13H9N3O3. The minimum atomic E-state index is -0.457. The van der Waals surface area contributed by atoms with E-state index in [1.807, 2.05) is 6.07 Å². The molecule has 0 unspecified atom stereocenters. The minimum absolute atomic E-state index is 0.249. The molecule has 0 radical (unpaired) electrons. The van der Waals surface area contributed by atoms with E-state index in [1.165, 1.54) is 24.3 Å². The summed E-state index contributed by atoms with van der Waals surface area (Å²) in [6.07, 6.45) is 0. The zero-order valence-electron chi connectivity index (χ0n) is 9.79. The van der Waals surface area contributed by atoms with Gasteiger partial charge in [-0.15, -0.1) is 0 Å². The summed E-state index contributed by atoms with van der Waals surface area (Å²) in [4.78, 5) is 34.4. The van der Waals surface area contributed by atoms with E-state index in [-0.39, 0.29) is 12.3 Å². The number of hydrogen-bond acceptors (Lipinski definition) is 4. The number of nitrogens with one attached hydrogen (secondary N) is 1. The summed E-state index contributed by atoms with van der Waals surface area (Å²) >= 11 is 0. The molecule has 1 aromatic carbocycles. The predicted octanol–water partition coefficient (Wildman–Crippen LogP) is 0.291. The van der Waals surface area contributed by atoms with Crippen LogP contribution >= 0.6 is 0 Å². The first-order valence-corrected chi connectivity index (χ1v) is 5.44. The number of carbonyl (C=O) groups excluding carboxylic acids is 1. The summed E-state index contributed by atoms with van der Waals surface area (Å²) in [7, 11) is 0. The maximum absolute atomic E-state index is 11.9. The molecule has 94 valence electrons. The van der Waals surface area contributed by atoms with E-state index in [4.69, 9.17) is 5.26 Å². The van der Waals surface area contributed by atoms with Crippen LogP contribution in [0.1, 0.15) is 15.9 Å². The van der Waals surface area contributed by atoms with Crippen LogP contribution in [0.2, 0.25) is 0 Å². The molecule has 0 bridgehead atoms. The third-order valence-corrected chi connectivity index (χ3v) is 2.53. The first-order valence-electron chi connectivity index (χ1n) is 5.44. The molecule has 0 aliphatic heterocycles. The van der Waals surface area contributed by atoms with Crippen LogP contribution in [0.15, 0.2) is 46.0 Å². The highest BCUT2D eigenvalue weighted by molar-refractivity contribution is 5.95. The van der Waals surface area contributed by atoms with Crippen LogP contribution in [0.25, 0.3) is 0 Å². The van der Waals surface area contributed by atoms with Crippen molar-refractivity contribution in [3.8, 4) is 6.07 Å². The molecule has 19 heavy (non-hydrogen) atoms. The molecule has 0 aliphatic rings. The fraction of sp³-hybridized carbons (Fsp3) is 0.0769. The van der Waals surface area contributed by atoms with Crippen molar-refractivity contribution >= 4 is 5.78 Å². The van der Waals surface area contributed by atoms with Gasteiger partial charge in [-0.25, -0.2) is 4.68 Å². The van der Waals surface area contributed by atoms with Gasteiger partial charge in [-0.2, -0.15) is 5.26 Å². The number of H-pyrrole nitrogens is 1. The van der Waals surface area contributed by atoms with Crippen LogP contribution in [0, 0.1) is 11.3 Å². The summed E-state index contributed by atoms with van der Waals surface area (Å²) in [5, 5.41) is 10.9. The van der Waals surface area contributed by atoms with Crippen LogP contribution in [0.3, 0.4) is 0 Å². The molecular weight excluding hydrogens is 246 g/mol. The number of Topliss-reactive ketones (excluding diaryl/α,β-unsaturated/α-hetero) is 1.